The first kappa shape index (κ1) is 18.6. The Morgan fingerprint density at radius 3 is 2.73 bits per heavy atom. The SMILES string of the molecule is Cc1cc2c(NCCCc3ccc(-c4ccc[nH]4)cc3)nc(-c3ccoc3)nc2s1. The zero-order chi connectivity index (χ0) is 20.3. The number of furan rings is 1. The summed E-state index contributed by atoms with van der Waals surface area (Å²) in [6.07, 6.45) is 7.33. The third-order valence-corrected chi connectivity index (χ3v) is 6.04. The number of fused-ring (bicyclic) bond motifs is 1. The van der Waals surface area contributed by atoms with Gasteiger partial charge in [0.25, 0.3) is 0 Å². The van der Waals surface area contributed by atoms with E-state index in [1.165, 1.54) is 16.0 Å². The molecular formula is C24H22N4OS. The largest absolute Gasteiger partial charge is 0.472 e. The molecule has 5 nitrogen and oxygen atoms in total. The molecule has 150 valence electrons. The van der Waals surface area contributed by atoms with Gasteiger partial charge in [0, 0.05) is 23.3 Å². The van der Waals surface area contributed by atoms with Crippen molar-refractivity contribution in [2.45, 2.75) is 19.8 Å². The van der Waals surface area contributed by atoms with E-state index in [1.807, 2.05) is 18.3 Å². The van der Waals surface area contributed by atoms with E-state index in [0.717, 1.165) is 46.7 Å². The molecule has 0 aliphatic heterocycles. The molecule has 0 radical (unpaired) electrons. The Bertz CT molecular complexity index is 1240. The van der Waals surface area contributed by atoms with Crippen LogP contribution in [0.2, 0.25) is 0 Å². The van der Waals surface area contributed by atoms with Gasteiger partial charge in [0.1, 0.15) is 16.9 Å². The van der Waals surface area contributed by atoms with E-state index in [9.17, 15) is 0 Å². The van der Waals surface area contributed by atoms with Crippen molar-refractivity contribution in [3.05, 3.63) is 77.7 Å². The second-order valence-electron chi connectivity index (χ2n) is 7.29. The molecule has 2 N–H and O–H groups in total. The molecule has 0 fully saturated rings. The summed E-state index contributed by atoms with van der Waals surface area (Å²) >= 11 is 1.69. The zero-order valence-corrected chi connectivity index (χ0v) is 17.5. The van der Waals surface area contributed by atoms with Crippen molar-refractivity contribution in [1.29, 1.82) is 0 Å². The van der Waals surface area contributed by atoms with Crippen LogP contribution in [0.4, 0.5) is 5.82 Å². The van der Waals surface area contributed by atoms with E-state index in [4.69, 9.17) is 14.4 Å². The molecule has 5 aromatic rings. The number of hydrogen-bond acceptors (Lipinski definition) is 5. The minimum Gasteiger partial charge on any atom is -0.472 e. The molecule has 0 spiro atoms. The molecule has 1 aromatic carbocycles. The highest BCUT2D eigenvalue weighted by Crippen LogP contribution is 2.31. The Kier molecular flexibility index (Phi) is 5.07. The van der Waals surface area contributed by atoms with Crippen LogP contribution in [0.1, 0.15) is 16.9 Å². The molecule has 0 saturated heterocycles. The quantitative estimate of drug-likeness (QED) is 0.307. The van der Waals surface area contributed by atoms with Crippen molar-refractivity contribution in [2.24, 2.45) is 0 Å². The van der Waals surface area contributed by atoms with Crippen LogP contribution in [-0.2, 0) is 6.42 Å². The van der Waals surface area contributed by atoms with Crippen molar-refractivity contribution in [2.75, 3.05) is 11.9 Å². The summed E-state index contributed by atoms with van der Waals surface area (Å²) in [5.74, 6) is 1.59. The van der Waals surface area contributed by atoms with Gasteiger partial charge in [0.15, 0.2) is 5.82 Å². The number of anilines is 1. The zero-order valence-electron chi connectivity index (χ0n) is 16.7. The smallest absolute Gasteiger partial charge is 0.166 e. The molecule has 5 rings (SSSR count). The monoisotopic (exact) mass is 414 g/mol. The Hall–Kier alpha value is -3.38. The van der Waals surface area contributed by atoms with E-state index >= 15 is 0 Å². The van der Waals surface area contributed by atoms with Gasteiger partial charge in [-0.25, -0.2) is 9.97 Å². The maximum absolute atomic E-state index is 5.21. The summed E-state index contributed by atoms with van der Waals surface area (Å²) < 4.78 is 5.21. The maximum atomic E-state index is 5.21. The normalized spacial score (nSPS) is 11.2. The number of aryl methyl sites for hydroxylation is 2. The highest BCUT2D eigenvalue weighted by atomic mass is 32.1. The number of aromatic amines is 1. The first-order valence-electron chi connectivity index (χ1n) is 10.0. The number of rotatable bonds is 7. The molecule has 4 heterocycles. The average Bonchev–Trinajstić information content (AvgIpc) is 3.52. The lowest BCUT2D eigenvalue weighted by Gasteiger charge is -2.09. The topological polar surface area (TPSA) is 66.7 Å². The lowest BCUT2D eigenvalue weighted by molar-refractivity contribution is 0.568. The molecule has 0 unspecified atom stereocenters. The summed E-state index contributed by atoms with van der Waals surface area (Å²) in [6, 6.07) is 16.9. The summed E-state index contributed by atoms with van der Waals surface area (Å²) in [5, 5.41) is 4.61. The molecule has 30 heavy (non-hydrogen) atoms. The molecule has 0 aliphatic carbocycles. The Morgan fingerprint density at radius 2 is 1.97 bits per heavy atom. The minimum atomic E-state index is 0.695. The fourth-order valence-corrected chi connectivity index (χ4v) is 4.44. The first-order chi connectivity index (χ1) is 14.8. The lowest BCUT2D eigenvalue weighted by Crippen LogP contribution is -2.06. The molecule has 0 atom stereocenters. The lowest BCUT2D eigenvalue weighted by atomic mass is 10.1. The second-order valence-corrected chi connectivity index (χ2v) is 8.53. The van der Waals surface area contributed by atoms with Crippen LogP contribution in [0.3, 0.4) is 0 Å². The third-order valence-electron chi connectivity index (χ3n) is 5.09. The standard InChI is InChI=1S/C24H22N4OS/c1-16-14-20-23(27-22(28-24(20)30-16)19-10-13-29-15-19)26-12-2-4-17-6-8-18(9-7-17)21-5-3-11-25-21/h3,5-11,13-15,25H,2,4,12H2,1H3,(H,26,27,28). The van der Waals surface area contributed by atoms with Crippen molar-refractivity contribution >= 4 is 27.4 Å². The van der Waals surface area contributed by atoms with E-state index in [1.54, 1.807) is 23.9 Å². The van der Waals surface area contributed by atoms with Gasteiger partial charge in [-0.3, -0.25) is 0 Å². The van der Waals surface area contributed by atoms with Gasteiger partial charge in [0.2, 0.25) is 0 Å². The number of benzene rings is 1. The Labute approximate surface area is 178 Å². The number of aromatic nitrogens is 3. The fourth-order valence-electron chi connectivity index (χ4n) is 3.56. The highest BCUT2D eigenvalue weighted by molar-refractivity contribution is 7.18. The van der Waals surface area contributed by atoms with Gasteiger partial charge >= 0.3 is 0 Å². The number of H-pyrrole nitrogens is 1. The second kappa shape index (κ2) is 8.16. The van der Waals surface area contributed by atoms with Crippen molar-refractivity contribution in [3.8, 4) is 22.6 Å². The molecule has 0 amide bonds. The van der Waals surface area contributed by atoms with Gasteiger partial charge in [-0.15, -0.1) is 11.3 Å². The molecular weight excluding hydrogens is 392 g/mol. The van der Waals surface area contributed by atoms with Crippen LogP contribution in [0.15, 0.2) is 71.7 Å². The number of thiophene rings is 1. The van der Waals surface area contributed by atoms with E-state index in [2.05, 4.69) is 53.6 Å². The van der Waals surface area contributed by atoms with Crippen LogP contribution in [0.25, 0.3) is 32.9 Å². The van der Waals surface area contributed by atoms with Gasteiger partial charge in [-0.2, -0.15) is 0 Å². The van der Waals surface area contributed by atoms with Crippen LogP contribution in [0, 0.1) is 6.92 Å². The van der Waals surface area contributed by atoms with Gasteiger partial charge in [0.05, 0.1) is 17.2 Å². The first-order valence-corrected chi connectivity index (χ1v) is 10.9. The number of nitrogens with one attached hydrogen (secondary N) is 2. The fraction of sp³-hybridized carbons (Fsp3) is 0.167. The average molecular weight is 415 g/mol. The predicted molar refractivity (Wildman–Crippen MR) is 123 cm³/mol. The molecule has 0 bridgehead atoms. The molecule has 0 aliphatic rings. The van der Waals surface area contributed by atoms with Crippen LogP contribution < -0.4 is 5.32 Å². The van der Waals surface area contributed by atoms with Crippen molar-refractivity contribution < 1.29 is 4.42 Å². The van der Waals surface area contributed by atoms with E-state index in [0.29, 0.717) is 5.82 Å². The minimum absolute atomic E-state index is 0.695. The Balaban J connectivity index is 1.26. The molecule has 4 aromatic heterocycles. The molecule has 0 saturated carbocycles. The summed E-state index contributed by atoms with van der Waals surface area (Å²) in [6.45, 7) is 2.95. The summed E-state index contributed by atoms with van der Waals surface area (Å²) in [4.78, 5) is 15.0. The van der Waals surface area contributed by atoms with Crippen LogP contribution >= 0.6 is 11.3 Å². The number of nitrogens with zero attached hydrogens (tertiary/aromatic N) is 2. The van der Waals surface area contributed by atoms with Gasteiger partial charge < -0.3 is 14.7 Å². The Morgan fingerprint density at radius 1 is 1.07 bits per heavy atom. The molecule has 6 heteroatoms. The maximum Gasteiger partial charge on any atom is 0.166 e. The van der Waals surface area contributed by atoms with Crippen molar-refractivity contribution in [3.63, 3.8) is 0 Å². The predicted octanol–water partition coefficient (Wildman–Crippen LogP) is 6.30. The summed E-state index contributed by atoms with van der Waals surface area (Å²) in [5.41, 5.74) is 4.60. The van der Waals surface area contributed by atoms with Crippen molar-refractivity contribution in [1.82, 2.24) is 15.0 Å². The van der Waals surface area contributed by atoms with E-state index < -0.39 is 0 Å². The van der Waals surface area contributed by atoms with Gasteiger partial charge in [-0.1, -0.05) is 24.3 Å². The van der Waals surface area contributed by atoms with E-state index in [-0.39, 0.29) is 0 Å². The van der Waals surface area contributed by atoms with Gasteiger partial charge in [-0.05, 0) is 55.2 Å². The van der Waals surface area contributed by atoms with Crippen LogP contribution in [0.5, 0.6) is 0 Å². The van der Waals surface area contributed by atoms with Crippen LogP contribution in [-0.4, -0.2) is 21.5 Å². The number of hydrogen-bond donors (Lipinski definition) is 2. The highest BCUT2D eigenvalue weighted by Gasteiger charge is 2.12. The third kappa shape index (κ3) is 3.86. The summed E-state index contributed by atoms with van der Waals surface area (Å²) in [7, 11) is 0.